The lowest BCUT2D eigenvalue weighted by atomic mass is 10.1. The molecule has 0 amide bonds. The normalized spacial score (nSPS) is 10.2. The predicted octanol–water partition coefficient (Wildman–Crippen LogP) is 3.51. The minimum absolute atomic E-state index is 0.0486. The molecule has 2 rings (SSSR count). The van der Waals surface area contributed by atoms with E-state index in [1.165, 1.54) is 0 Å². The fourth-order valence-electron chi connectivity index (χ4n) is 1.90. The topological polar surface area (TPSA) is 62.3 Å². The van der Waals surface area contributed by atoms with Crippen molar-refractivity contribution in [1.29, 1.82) is 5.41 Å². The molecule has 2 aromatic carbocycles. The largest absolute Gasteiger partial charge is 0.497 e. The summed E-state index contributed by atoms with van der Waals surface area (Å²) in [5, 5.41) is 7.49. The highest BCUT2D eigenvalue weighted by Crippen LogP contribution is 2.29. The first-order chi connectivity index (χ1) is 9.52. The van der Waals surface area contributed by atoms with Crippen LogP contribution in [0.25, 0.3) is 0 Å². The molecule has 0 aliphatic carbocycles. The summed E-state index contributed by atoms with van der Waals surface area (Å²) >= 11 is 3.44. The number of ether oxygens (including phenoxy) is 1. The van der Waals surface area contributed by atoms with Gasteiger partial charge in [0.2, 0.25) is 0 Å². The molecule has 3 N–H and O–H groups in total. The number of nitrogen functional groups attached to an aromatic ring is 1. The minimum Gasteiger partial charge on any atom is -0.497 e. The van der Waals surface area contributed by atoms with E-state index in [9.17, 15) is 0 Å². The molecule has 0 saturated heterocycles. The summed E-state index contributed by atoms with van der Waals surface area (Å²) in [6.07, 6.45) is 0. The van der Waals surface area contributed by atoms with Gasteiger partial charge in [0.05, 0.1) is 7.11 Å². The van der Waals surface area contributed by atoms with E-state index in [1.54, 1.807) is 7.11 Å². The average Bonchev–Trinajstić information content (AvgIpc) is 2.46. The van der Waals surface area contributed by atoms with Gasteiger partial charge in [0, 0.05) is 34.5 Å². The molecule has 0 unspecified atom stereocenters. The van der Waals surface area contributed by atoms with Gasteiger partial charge in [-0.15, -0.1) is 0 Å². The van der Waals surface area contributed by atoms with Crippen molar-refractivity contribution in [3.05, 3.63) is 52.5 Å². The van der Waals surface area contributed by atoms with Gasteiger partial charge in [0.1, 0.15) is 11.6 Å². The Balaban J connectivity index is 2.35. The molecule has 0 atom stereocenters. The van der Waals surface area contributed by atoms with E-state index in [0.29, 0.717) is 5.56 Å². The van der Waals surface area contributed by atoms with Gasteiger partial charge in [-0.1, -0.05) is 6.07 Å². The molecule has 0 heterocycles. The van der Waals surface area contributed by atoms with Crippen molar-refractivity contribution >= 4 is 33.1 Å². The van der Waals surface area contributed by atoms with Crippen molar-refractivity contribution in [3.63, 3.8) is 0 Å². The second-order valence-corrected chi connectivity index (χ2v) is 5.19. The zero-order valence-corrected chi connectivity index (χ0v) is 12.9. The lowest BCUT2D eigenvalue weighted by Gasteiger charge is -2.21. The monoisotopic (exact) mass is 333 g/mol. The summed E-state index contributed by atoms with van der Waals surface area (Å²) in [5.74, 6) is 0.862. The van der Waals surface area contributed by atoms with Gasteiger partial charge in [0.25, 0.3) is 0 Å². The van der Waals surface area contributed by atoms with E-state index in [-0.39, 0.29) is 5.84 Å². The lowest BCUT2D eigenvalue weighted by Crippen LogP contribution is -2.13. The molecule has 0 bridgehead atoms. The number of rotatable bonds is 4. The van der Waals surface area contributed by atoms with Crippen LogP contribution >= 0.6 is 15.9 Å². The van der Waals surface area contributed by atoms with Crippen LogP contribution in [0.3, 0.4) is 0 Å². The summed E-state index contributed by atoms with van der Waals surface area (Å²) in [4.78, 5) is 2.04. The number of anilines is 2. The molecule has 4 nitrogen and oxygen atoms in total. The van der Waals surface area contributed by atoms with Gasteiger partial charge >= 0.3 is 0 Å². The SMILES string of the molecule is COc1cccc(N(C)c2ccc(C(=N)N)c(Br)c2)c1. The molecule has 104 valence electrons. The maximum absolute atomic E-state index is 7.49. The molecular formula is C15H16BrN3O. The van der Waals surface area contributed by atoms with Gasteiger partial charge in [0.15, 0.2) is 0 Å². The Hall–Kier alpha value is -2.01. The third-order valence-electron chi connectivity index (χ3n) is 3.07. The third-order valence-corrected chi connectivity index (χ3v) is 3.73. The number of nitrogens with zero attached hydrogens (tertiary/aromatic N) is 1. The molecule has 0 spiro atoms. The van der Waals surface area contributed by atoms with Crippen LogP contribution in [0.2, 0.25) is 0 Å². The molecule has 0 fully saturated rings. The highest BCUT2D eigenvalue weighted by Gasteiger charge is 2.09. The van der Waals surface area contributed by atoms with Gasteiger partial charge in [-0.25, -0.2) is 0 Å². The molecule has 5 heteroatoms. The van der Waals surface area contributed by atoms with Gasteiger partial charge in [-0.2, -0.15) is 0 Å². The predicted molar refractivity (Wildman–Crippen MR) is 86.2 cm³/mol. The number of hydrogen-bond donors (Lipinski definition) is 2. The molecule has 0 saturated carbocycles. The molecule has 0 aliphatic heterocycles. The van der Waals surface area contributed by atoms with E-state index >= 15 is 0 Å². The molecule has 0 aliphatic rings. The summed E-state index contributed by atoms with van der Waals surface area (Å²) in [6.45, 7) is 0. The van der Waals surface area contributed by atoms with Crippen molar-refractivity contribution in [2.75, 3.05) is 19.1 Å². The zero-order valence-electron chi connectivity index (χ0n) is 11.4. The Kier molecular flexibility index (Phi) is 4.29. The second kappa shape index (κ2) is 5.96. The van der Waals surface area contributed by atoms with Crippen LogP contribution in [-0.2, 0) is 0 Å². The Labute approximate surface area is 126 Å². The average molecular weight is 334 g/mol. The van der Waals surface area contributed by atoms with Crippen molar-refractivity contribution in [1.82, 2.24) is 0 Å². The number of nitrogens with one attached hydrogen (secondary N) is 1. The first kappa shape index (κ1) is 14.4. The first-order valence-electron chi connectivity index (χ1n) is 6.04. The first-order valence-corrected chi connectivity index (χ1v) is 6.84. The van der Waals surface area contributed by atoms with Crippen LogP contribution in [0, 0.1) is 5.41 Å². The van der Waals surface area contributed by atoms with Gasteiger partial charge < -0.3 is 15.4 Å². The minimum atomic E-state index is 0.0486. The Morgan fingerprint density at radius 3 is 2.50 bits per heavy atom. The van der Waals surface area contributed by atoms with E-state index < -0.39 is 0 Å². The number of nitrogens with two attached hydrogens (primary N) is 1. The van der Waals surface area contributed by atoms with Crippen LogP contribution in [0.5, 0.6) is 5.75 Å². The Morgan fingerprint density at radius 2 is 1.90 bits per heavy atom. The number of hydrogen-bond acceptors (Lipinski definition) is 3. The van der Waals surface area contributed by atoms with Crippen molar-refractivity contribution in [3.8, 4) is 5.75 Å². The summed E-state index contributed by atoms with van der Waals surface area (Å²) < 4.78 is 6.04. The maximum atomic E-state index is 7.49. The molecular weight excluding hydrogens is 318 g/mol. The number of amidine groups is 1. The number of methoxy groups -OCH3 is 1. The van der Waals surface area contributed by atoms with Crippen LogP contribution in [0.4, 0.5) is 11.4 Å². The van der Waals surface area contributed by atoms with Crippen LogP contribution < -0.4 is 15.4 Å². The van der Waals surface area contributed by atoms with Gasteiger partial charge in [-0.05, 0) is 46.3 Å². The smallest absolute Gasteiger partial charge is 0.123 e. The zero-order chi connectivity index (χ0) is 14.7. The Bertz CT molecular complexity index is 643. The summed E-state index contributed by atoms with van der Waals surface area (Å²) in [7, 11) is 3.63. The lowest BCUT2D eigenvalue weighted by molar-refractivity contribution is 0.415. The highest BCUT2D eigenvalue weighted by atomic mass is 79.9. The van der Waals surface area contributed by atoms with E-state index in [4.69, 9.17) is 15.9 Å². The van der Waals surface area contributed by atoms with Crippen molar-refractivity contribution in [2.45, 2.75) is 0 Å². The molecule has 2 aromatic rings. The summed E-state index contributed by atoms with van der Waals surface area (Å²) in [5.41, 5.74) is 8.22. The van der Waals surface area contributed by atoms with Gasteiger partial charge in [-0.3, -0.25) is 5.41 Å². The highest BCUT2D eigenvalue weighted by molar-refractivity contribution is 9.10. The van der Waals surface area contributed by atoms with E-state index in [0.717, 1.165) is 21.6 Å². The summed E-state index contributed by atoms with van der Waals surface area (Å²) in [6, 6.07) is 13.5. The van der Waals surface area contributed by atoms with Crippen LogP contribution in [0.15, 0.2) is 46.9 Å². The Morgan fingerprint density at radius 1 is 1.20 bits per heavy atom. The maximum Gasteiger partial charge on any atom is 0.123 e. The fraction of sp³-hybridized carbons (Fsp3) is 0.133. The standard InChI is InChI=1S/C15H16BrN3O/c1-19(10-4-3-5-12(8-10)20-2)11-6-7-13(15(17)18)14(16)9-11/h3-9H,1-2H3,(H3,17,18). The number of halogens is 1. The molecule has 0 radical (unpaired) electrons. The second-order valence-electron chi connectivity index (χ2n) is 4.34. The van der Waals surface area contributed by atoms with E-state index in [2.05, 4.69) is 15.9 Å². The van der Waals surface area contributed by atoms with Crippen molar-refractivity contribution in [2.24, 2.45) is 5.73 Å². The van der Waals surface area contributed by atoms with Crippen LogP contribution in [-0.4, -0.2) is 20.0 Å². The van der Waals surface area contributed by atoms with Crippen molar-refractivity contribution < 1.29 is 4.74 Å². The molecule has 20 heavy (non-hydrogen) atoms. The van der Waals surface area contributed by atoms with Crippen LogP contribution in [0.1, 0.15) is 5.56 Å². The quantitative estimate of drug-likeness (QED) is 0.664. The third kappa shape index (κ3) is 2.93. The molecule has 0 aromatic heterocycles. The van der Waals surface area contributed by atoms with E-state index in [1.807, 2.05) is 54.4 Å². The fourth-order valence-corrected chi connectivity index (χ4v) is 2.48. The number of benzene rings is 2.